The molecule has 0 unspecified atom stereocenters. The second-order valence-electron chi connectivity index (χ2n) is 5.37. The van der Waals surface area contributed by atoms with Crippen molar-refractivity contribution in [3.8, 4) is 11.4 Å². The van der Waals surface area contributed by atoms with Gasteiger partial charge in [0, 0.05) is 5.56 Å². The number of nitrogens with zero attached hydrogens (tertiary/aromatic N) is 5. The van der Waals surface area contributed by atoms with Crippen LogP contribution in [0.3, 0.4) is 0 Å². The van der Waals surface area contributed by atoms with Crippen LogP contribution in [0.15, 0.2) is 53.6 Å². The average Bonchev–Trinajstić information content (AvgIpc) is 3.11. The minimum atomic E-state index is -0.374. The molecule has 0 saturated carbocycles. The van der Waals surface area contributed by atoms with E-state index in [2.05, 4.69) is 25.9 Å². The Bertz CT molecular complexity index is 955. The Morgan fingerprint density at radius 2 is 1.92 bits per heavy atom. The number of amides is 1. The van der Waals surface area contributed by atoms with Gasteiger partial charge >= 0.3 is 0 Å². The van der Waals surface area contributed by atoms with Crippen LogP contribution < -0.4 is 5.43 Å². The van der Waals surface area contributed by atoms with Gasteiger partial charge < -0.3 is 0 Å². The Kier molecular flexibility index (Phi) is 5.60. The van der Waals surface area contributed by atoms with Crippen LogP contribution in [0.4, 0.5) is 0 Å². The third-order valence-electron chi connectivity index (χ3n) is 3.46. The summed E-state index contributed by atoms with van der Waals surface area (Å²) in [6.45, 7) is 1.65. The number of nitrogens with one attached hydrogen (secondary N) is 1. The molecule has 9 heteroatoms. The quantitative estimate of drug-likeness (QED) is 0.537. The minimum Gasteiger partial charge on any atom is -0.271 e. The van der Waals surface area contributed by atoms with Gasteiger partial charge in [0.05, 0.1) is 15.8 Å². The Morgan fingerprint density at radius 1 is 1.15 bits per heavy atom. The highest BCUT2D eigenvalue weighted by Crippen LogP contribution is 2.22. The zero-order valence-corrected chi connectivity index (χ0v) is 15.2. The molecule has 0 aliphatic carbocycles. The Labute approximate surface area is 159 Å². The lowest BCUT2D eigenvalue weighted by atomic mass is 10.1. The first kappa shape index (κ1) is 18.0. The van der Waals surface area contributed by atoms with E-state index >= 15 is 0 Å². The van der Waals surface area contributed by atoms with E-state index in [0.29, 0.717) is 21.6 Å². The zero-order chi connectivity index (χ0) is 18.5. The van der Waals surface area contributed by atoms with Gasteiger partial charge in [-0.1, -0.05) is 59.6 Å². The Balaban J connectivity index is 1.62. The maximum absolute atomic E-state index is 12.0. The molecule has 1 aromatic heterocycles. The van der Waals surface area contributed by atoms with Gasteiger partial charge in [-0.05, 0) is 29.8 Å². The number of benzene rings is 2. The van der Waals surface area contributed by atoms with Crippen LogP contribution >= 0.6 is 23.2 Å². The highest BCUT2D eigenvalue weighted by atomic mass is 35.5. The Morgan fingerprint density at radius 3 is 2.65 bits per heavy atom. The number of hydrogen-bond acceptors (Lipinski definition) is 5. The summed E-state index contributed by atoms with van der Waals surface area (Å²) in [4.78, 5) is 13.2. The summed E-state index contributed by atoms with van der Waals surface area (Å²) >= 11 is 11.9. The van der Waals surface area contributed by atoms with Crippen molar-refractivity contribution in [1.29, 1.82) is 0 Å². The lowest BCUT2D eigenvalue weighted by molar-refractivity contribution is -0.122. The van der Waals surface area contributed by atoms with Gasteiger partial charge in [0.2, 0.25) is 5.82 Å². The normalized spacial score (nSPS) is 11.4. The van der Waals surface area contributed by atoms with E-state index in [-0.39, 0.29) is 12.5 Å². The molecule has 3 rings (SSSR count). The molecule has 0 aliphatic rings. The molecule has 1 heterocycles. The molecule has 132 valence electrons. The average molecular weight is 389 g/mol. The number of halogens is 2. The SMILES string of the molecule is CC(=NNC(=O)Cn1nnc(-c2ccccc2)n1)c1ccc(Cl)c(Cl)c1. The summed E-state index contributed by atoms with van der Waals surface area (Å²) in [6.07, 6.45) is 0. The largest absolute Gasteiger partial charge is 0.271 e. The first-order valence-electron chi connectivity index (χ1n) is 7.65. The summed E-state index contributed by atoms with van der Waals surface area (Å²) in [5, 5.41) is 16.9. The van der Waals surface area contributed by atoms with E-state index in [1.807, 2.05) is 30.3 Å². The van der Waals surface area contributed by atoms with Crippen LogP contribution in [0.25, 0.3) is 11.4 Å². The van der Waals surface area contributed by atoms with E-state index in [9.17, 15) is 4.79 Å². The second-order valence-corrected chi connectivity index (χ2v) is 6.18. The monoisotopic (exact) mass is 388 g/mol. The van der Waals surface area contributed by atoms with Crippen molar-refractivity contribution in [2.75, 3.05) is 0 Å². The topological polar surface area (TPSA) is 85.1 Å². The number of aromatic nitrogens is 4. The number of hydrogen-bond donors (Lipinski definition) is 1. The molecule has 0 fully saturated rings. The fourth-order valence-corrected chi connectivity index (χ4v) is 2.41. The number of hydrazone groups is 1. The summed E-state index contributed by atoms with van der Waals surface area (Å²) in [5.74, 6) is 0.0790. The highest BCUT2D eigenvalue weighted by molar-refractivity contribution is 6.42. The Hall–Kier alpha value is -2.77. The third kappa shape index (κ3) is 4.44. The lowest BCUT2D eigenvalue weighted by Crippen LogP contribution is -2.25. The van der Waals surface area contributed by atoms with Gasteiger partial charge in [0.25, 0.3) is 5.91 Å². The van der Waals surface area contributed by atoms with E-state index < -0.39 is 0 Å². The fraction of sp³-hybridized carbons (Fsp3) is 0.118. The van der Waals surface area contributed by atoms with Crippen molar-refractivity contribution in [3.05, 3.63) is 64.1 Å². The van der Waals surface area contributed by atoms with Crippen molar-refractivity contribution < 1.29 is 4.79 Å². The molecule has 26 heavy (non-hydrogen) atoms. The molecule has 0 atom stereocenters. The van der Waals surface area contributed by atoms with Gasteiger partial charge in [-0.15, -0.1) is 10.2 Å². The van der Waals surface area contributed by atoms with Crippen molar-refractivity contribution in [1.82, 2.24) is 25.6 Å². The van der Waals surface area contributed by atoms with Crippen LogP contribution in [0.5, 0.6) is 0 Å². The lowest BCUT2D eigenvalue weighted by Gasteiger charge is -2.04. The number of rotatable bonds is 5. The van der Waals surface area contributed by atoms with Crippen molar-refractivity contribution in [2.45, 2.75) is 13.5 Å². The van der Waals surface area contributed by atoms with Crippen molar-refractivity contribution in [3.63, 3.8) is 0 Å². The highest BCUT2D eigenvalue weighted by Gasteiger charge is 2.09. The first-order valence-corrected chi connectivity index (χ1v) is 8.40. The summed E-state index contributed by atoms with van der Waals surface area (Å²) in [5.41, 5.74) is 4.63. The second kappa shape index (κ2) is 8.07. The smallest absolute Gasteiger partial charge is 0.263 e. The van der Waals surface area contributed by atoms with E-state index in [4.69, 9.17) is 23.2 Å². The molecular weight excluding hydrogens is 375 g/mol. The predicted octanol–water partition coefficient (Wildman–Crippen LogP) is 3.19. The number of carbonyl (C=O) groups is 1. The summed E-state index contributed by atoms with van der Waals surface area (Å²) in [7, 11) is 0. The number of tetrazole rings is 1. The molecule has 2 aromatic carbocycles. The summed E-state index contributed by atoms with van der Waals surface area (Å²) in [6, 6.07) is 14.5. The minimum absolute atomic E-state index is 0.0992. The van der Waals surface area contributed by atoms with Crippen molar-refractivity contribution in [2.24, 2.45) is 5.10 Å². The van der Waals surface area contributed by atoms with Gasteiger partial charge in [0.1, 0.15) is 6.54 Å². The van der Waals surface area contributed by atoms with E-state index in [1.165, 1.54) is 4.80 Å². The van der Waals surface area contributed by atoms with Gasteiger partial charge in [-0.2, -0.15) is 9.90 Å². The molecule has 1 N–H and O–H groups in total. The molecule has 0 aliphatic heterocycles. The van der Waals surface area contributed by atoms with Crippen molar-refractivity contribution >= 4 is 34.8 Å². The maximum Gasteiger partial charge on any atom is 0.263 e. The molecule has 0 bridgehead atoms. The number of carbonyl (C=O) groups excluding carboxylic acids is 1. The maximum atomic E-state index is 12.0. The van der Waals surface area contributed by atoms with Gasteiger partial charge in [-0.3, -0.25) is 4.79 Å². The van der Waals surface area contributed by atoms with Crippen LogP contribution in [0, 0.1) is 0 Å². The zero-order valence-electron chi connectivity index (χ0n) is 13.7. The fourth-order valence-electron chi connectivity index (χ4n) is 2.11. The molecule has 1 amide bonds. The third-order valence-corrected chi connectivity index (χ3v) is 4.19. The predicted molar refractivity (Wildman–Crippen MR) is 100 cm³/mol. The van der Waals surface area contributed by atoms with E-state index in [1.54, 1.807) is 25.1 Å². The van der Waals surface area contributed by atoms with E-state index in [0.717, 1.165) is 11.1 Å². The molecule has 3 aromatic rings. The van der Waals surface area contributed by atoms with Crippen LogP contribution in [0.2, 0.25) is 10.0 Å². The first-order chi connectivity index (χ1) is 12.5. The molecule has 7 nitrogen and oxygen atoms in total. The van der Waals surface area contributed by atoms with Crippen LogP contribution in [-0.4, -0.2) is 31.8 Å². The molecular formula is C17H14Cl2N6O. The van der Waals surface area contributed by atoms with Gasteiger partial charge in [0.15, 0.2) is 0 Å². The summed E-state index contributed by atoms with van der Waals surface area (Å²) < 4.78 is 0. The van der Waals surface area contributed by atoms with Crippen LogP contribution in [0.1, 0.15) is 12.5 Å². The molecule has 0 spiro atoms. The van der Waals surface area contributed by atoms with Crippen LogP contribution in [-0.2, 0) is 11.3 Å². The standard InChI is InChI=1S/C17H14Cl2N6O/c1-11(13-7-8-14(18)15(19)9-13)20-21-16(26)10-25-23-17(22-24-25)12-5-3-2-4-6-12/h2-9H,10H2,1H3,(H,21,26). The molecule has 0 radical (unpaired) electrons. The molecule has 0 saturated heterocycles. The van der Waals surface area contributed by atoms with Gasteiger partial charge in [-0.25, -0.2) is 5.43 Å².